The first kappa shape index (κ1) is 19.5. The van der Waals surface area contributed by atoms with Gasteiger partial charge in [0.2, 0.25) is 0 Å². The summed E-state index contributed by atoms with van der Waals surface area (Å²) in [6.45, 7) is 10.7. The number of aromatic nitrogens is 1. The molecular formula is C21H25FN2O3S. The Labute approximate surface area is 167 Å². The molecule has 3 heterocycles. The van der Waals surface area contributed by atoms with Crippen LogP contribution in [0.15, 0.2) is 30.3 Å². The van der Waals surface area contributed by atoms with E-state index in [-0.39, 0.29) is 5.82 Å². The third kappa shape index (κ3) is 3.36. The molecule has 1 aromatic heterocycles. The summed E-state index contributed by atoms with van der Waals surface area (Å²) in [6.07, 6.45) is 0. The van der Waals surface area contributed by atoms with Gasteiger partial charge in [-0.1, -0.05) is 0 Å². The number of pyridine rings is 1. The second-order valence-electron chi connectivity index (χ2n) is 8.86. The summed E-state index contributed by atoms with van der Waals surface area (Å²) in [5, 5.41) is 0. The van der Waals surface area contributed by atoms with Crippen LogP contribution in [0.3, 0.4) is 0 Å². The van der Waals surface area contributed by atoms with Crippen molar-refractivity contribution < 1.29 is 18.1 Å². The van der Waals surface area contributed by atoms with Crippen molar-refractivity contribution in [2.45, 2.75) is 50.5 Å². The molecular weight excluding hydrogens is 379 g/mol. The van der Waals surface area contributed by atoms with Gasteiger partial charge in [0.1, 0.15) is 23.7 Å². The molecule has 5 nitrogen and oxygen atoms in total. The topological polar surface area (TPSA) is 63.8 Å². The SMILES string of the molecule is CC(C)(C)[S@@](=O)N[C@@]1(C)COc2c1cc([C@]1(C)CO1)nc2-c1ccc(F)cc1. The Morgan fingerprint density at radius 3 is 2.39 bits per heavy atom. The second kappa shape index (κ2) is 6.34. The van der Waals surface area contributed by atoms with Gasteiger partial charge in [-0.2, -0.15) is 0 Å². The van der Waals surface area contributed by atoms with Crippen molar-refractivity contribution in [3.63, 3.8) is 0 Å². The van der Waals surface area contributed by atoms with E-state index in [1.54, 1.807) is 12.1 Å². The van der Waals surface area contributed by atoms with E-state index in [9.17, 15) is 8.60 Å². The van der Waals surface area contributed by atoms with Crippen LogP contribution in [0.2, 0.25) is 0 Å². The van der Waals surface area contributed by atoms with Gasteiger partial charge in [-0.15, -0.1) is 0 Å². The van der Waals surface area contributed by atoms with Gasteiger partial charge in [-0.25, -0.2) is 18.3 Å². The van der Waals surface area contributed by atoms with Gasteiger partial charge in [0, 0.05) is 11.1 Å². The third-order valence-corrected chi connectivity index (χ3v) is 6.93. The van der Waals surface area contributed by atoms with E-state index < -0.39 is 26.9 Å². The maximum Gasteiger partial charge on any atom is 0.150 e. The highest BCUT2D eigenvalue weighted by Gasteiger charge is 2.47. The van der Waals surface area contributed by atoms with Gasteiger partial charge in [0.15, 0.2) is 5.75 Å². The molecule has 2 aliphatic rings. The lowest BCUT2D eigenvalue weighted by atomic mass is 9.92. The summed E-state index contributed by atoms with van der Waals surface area (Å²) < 4.78 is 40.7. The van der Waals surface area contributed by atoms with Crippen LogP contribution in [-0.4, -0.2) is 27.2 Å². The second-order valence-corrected chi connectivity index (χ2v) is 10.8. The van der Waals surface area contributed by atoms with Gasteiger partial charge < -0.3 is 9.47 Å². The number of nitrogens with zero attached hydrogens (tertiary/aromatic N) is 1. The summed E-state index contributed by atoms with van der Waals surface area (Å²) in [5.41, 5.74) is 2.04. The number of ether oxygens (including phenoxy) is 2. The van der Waals surface area contributed by atoms with Crippen LogP contribution in [0.25, 0.3) is 11.3 Å². The Bertz CT molecular complexity index is 951. The number of epoxide rings is 1. The minimum absolute atomic E-state index is 0.304. The zero-order valence-electron chi connectivity index (χ0n) is 16.8. The molecule has 0 amide bonds. The van der Waals surface area contributed by atoms with Crippen molar-refractivity contribution in [1.82, 2.24) is 9.71 Å². The van der Waals surface area contributed by atoms with Crippen molar-refractivity contribution >= 4 is 11.0 Å². The highest BCUT2D eigenvalue weighted by atomic mass is 32.2. The van der Waals surface area contributed by atoms with Crippen LogP contribution in [0.1, 0.15) is 45.9 Å². The Kier molecular flexibility index (Phi) is 4.41. The molecule has 0 unspecified atom stereocenters. The van der Waals surface area contributed by atoms with Crippen LogP contribution < -0.4 is 9.46 Å². The first-order chi connectivity index (χ1) is 13.0. The van der Waals surface area contributed by atoms with E-state index in [0.717, 1.165) is 16.8 Å². The number of benzene rings is 1. The number of nitrogens with one attached hydrogen (secondary N) is 1. The smallest absolute Gasteiger partial charge is 0.150 e. The van der Waals surface area contributed by atoms with Gasteiger partial charge >= 0.3 is 0 Å². The lowest BCUT2D eigenvalue weighted by molar-refractivity contribution is 0.269. The normalized spacial score (nSPS) is 27.2. The van der Waals surface area contributed by atoms with Gasteiger partial charge in [-0.05, 0) is 65.0 Å². The molecule has 1 fully saturated rings. The molecule has 3 atom stereocenters. The maximum atomic E-state index is 13.4. The van der Waals surface area contributed by atoms with Crippen molar-refractivity contribution in [2.75, 3.05) is 13.2 Å². The molecule has 0 bridgehead atoms. The number of halogens is 1. The molecule has 150 valence electrons. The van der Waals surface area contributed by atoms with Gasteiger partial charge in [0.25, 0.3) is 0 Å². The molecule has 0 radical (unpaired) electrons. The molecule has 4 rings (SSSR count). The fourth-order valence-electron chi connectivity index (χ4n) is 3.16. The first-order valence-corrected chi connectivity index (χ1v) is 10.5. The molecule has 2 aliphatic heterocycles. The average Bonchev–Trinajstić information content (AvgIpc) is 3.29. The highest BCUT2D eigenvalue weighted by Crippen LogP contribution is 2.47. The number of hydrogen-bond donors (Lipinski definition) is 1. The Morgan fingerprint density at radius 2 is 1.82 bits per heavy atom. The molecule has 0 saturated carbocycles. The first-order valence-electron chi connectivity index (χ1n) is 9.30. The van der Waals surface area contributed by atoms with Crippen molar-refractivity contribution in [1.29, 1.82) is 0 Å². The predicted octanol–water partition coefficient (Wildman–Crippen LogP) is 3.79. The van der Waals surface area contributed by atoms with Crippen molar-refractivity contribution in [3.05, 3.63) is 47.4 Å². The maximum absolute atomic E-state index is 13.4. The zero-order valence-corrected chi connectivity index (χ0v) is 17.6. The van der Waals surface area contributed by atoms with E-state index in [4.69, 9.17) is 14.5 Å². The van der Waals surface area contributed by atoms with Gasteiger partial charge in [-0.3, -0.25) is 0 Å². The number of hydrogen-bond acceptors (Lipinski definition) is 4. The molecule has 28 heavy (non-hydrogen) atoms. The van der Waals surface area contributed by atoms with Crippen LogP contribution in [0, 0.1) is 5.82 Å². The Morgan fingerprint density at radius 1 is 1.18 bits per heavy atom. The minimum Gasteiger partial charge on any atom is -0.489 e. The average molecular weight is 405 g/mol. The van der Waals surface area contributed by atoms with Gasteiger partial charge in [0.05, 0.1) is 33.6 Å². The summed E-state index contributed by atoms with van der Waals surface area (Å²) in [5.74, 6) is 0.336. The molecule has 0 aliphatic carbocycles. The summed E-state index contributed by atoms with van der Waals surface area (Å²) in [6, 6.07) is 8.18. The van der Waals surface area contributed by atoms with Crippen LogP contribution in [-0.2, 0) is 26.9 Å². The van der Waals surface area contributed by atoms with E-state index in [1.807, 2.05) is 40.7 Å². The molecule has 2 aromatic rings. The Balaban J connectivity index is 1.84. The van der Waals surface area contributed by atoms with E-state index in [0.29, 0.717) is 24.7 Å². The summed E-state index contributed by atoms with van der Waals surface area (Å²) >= 11 is 0. The van der Waals surface area contributed by atoms with E-state index >= 15 is 0 Å². The number of rotatable bonds is 4. The lowest BCUT2D eigenvalue weighted by Gasteiger charge is -2.29. The zero-order chi connectivity index (χ0) is 20.3. The van der Waals surface area contributed by atoms with Crippen molar-refractivity contribution in [2.24, 2.45) is 0 Å². The predicted molar refractivity (Wildman–Crippen MR) is 107 cm³/mol. The van der Waals surface area contributed by atoms with Crippen molar-refractivity contribution in [3.8, 4) is 17.0 Å². The lowest BCUT2D eigenvalue weighted by Crippen LogP contribution is -2.47. The van der Waals surface area contributed by atoms with Crippen LogP contribution in [0.4, 0.5) is 4.39 Å². The Hall–Kier alpha value is -1.83. The highest BCUT2D eigenvalue weighted by molar-refractivity contribution is 7.84. The monoisotopic (exact) mass is 404 g/mol. The standard InChI is InChI=1S/C21H25FN2O3S/c1-19(2,3)28(25)24-20(4)11-26-18-15(20)10-16(21(5)12-27-21)23-17(18)13-6-8-14(22)9-7-13/h6-10,24H,11-12H2,1-5H3/t20-,21-,28+/m0/s1. The summed E-state index contributed by atoms with van der Waals surface area (Å²) in [7, 11) is -1.27. The third-order valence-electron chi connectivity index (χ3n) is 5.18. The largest absolute Gasteiger partial charge is 0.489 e. The van der Waals surface area contributed by atoms with E-state index in [2.05, 4.69) is 4.72 Å². The molecule has 7 heteroatoms. The molecule has 1 N–H and O–H groups in total. The minimum atomic E-state index is -1.27. The summed E-state index contributed by atoms with van der Waals surface area (Å²) in [4.78, 5) is 4.80. The fraction of sp³-hybridized carbons (Fsp3) is 0.476. The quantitative estimate of drug-likeness (QED) is 0.788. The van der Waals surface area contributed by atoms with Crippen LogP contribution in [0.5, 0.6) is 5.75 Å². The molecule has 0 spiro atoms. The fourth-order valence-corrected chi connectivity index (χ4v) is 4.04. The van der Waals surface area contributed by atoms with E-state index in [1.165, 1.54) is 12.1 Å². The van der Waals surface area contributed by atoms with Crippen LogP contribution >= 0.6 is 0 Å². The number of fused-ring (bicyclic) bond motifs is 1. The molecule has 1 saturated heterocycles. The molecule has 1 aromatic carbocycles.